The van der Waals surface area contributed by atoms with Gasteiger partial charge in [-0.3, -0.25) is 14.5 Å². The lowest BCUT2D eigenvalue weighted by atomic mass is 9.95. The predicted molar refractivity (Wildman–Crippen MR) is 129 cm³/mol. The summed E-state index contributed by atoms with van der Waals surface area (Å²) < 4.78 is 16.7. The van der Waals surface area contributed by atoms with Gasteiger partial charge in [-0.25, -0.2) is 0 Å². The van der Waals surface area contributed by atoms with Crippen molar-refractivity contribution in [2.45, 2.75) is 37.9 Å². The first kappa shape index (κ1) is 25.0. The fraction of sp³-hybridized carbons (Fsp3) is 0.667. The molecule has 3 fully saturated rings. The van der Waals surface area contributed by atoms with Gasteiger partial charge in [0.2, 0.25) is 0 Å². The van der Waals surface area contributed by atoms with Crippen molar-refractivity contribution in [1.82, 2.24) is 15.1 Å². The van der Waals surface area contributed by atoms with E-state index in [1.807, 2.05) is 4.90 Å². The number of nitrogen functional groups attached to an aromatic ring is 1. The highest BCUT2D eigenvalue weighted by atomic mass is 35.5. The normalized spacial score (nSPS) is 24.2. The second kappa shape index (κ2) is 11.6. The van der Waals surface area contributed by atoms with E-state index in [1.165, 1.54) is 13.2 Å². The number of hydrogen-bond acceptors (Lipinski definition) is 7. The molecular formula is C24H35ClN4O5. The largest absolute Gasteiger partial charge is 0.496 e. The standard InChI is InChI=1S/C24H35ClN4O5/c1-32-22-12-20(26)19(25)11-18(22)23(30)27-13-17-15-28(8-10-33-17)14-16-4-6-29(7-5-16)24(31)21-3-2-9-34-21/h11-12,16-17,21H,2-10,13-15,26H2,1H3,(H,27,30). The van der Waals surface area contributed by atoms with Gasteiger partial charge in [0.1, 0.15) is 11.9 Å². The number of anilines is 1. The van der Waals surface area contributed by atoms with Crippen LogP contribution in [0.2, 0.25) is 5.02 Å². The molecule has 1 aromatic carbocycles. The summed E-state index contributed by atoms with van der Waals surface area (Å²) in [4.78, 5) is 29.7. The van der Waals surface area contributed by atoms with Crippen molar-refractivity contribution in [3.8, 4) is 5.75 Å². The molecular weight excluding hydrogens is 460 g/mol. The maximum Gasteiger partial charge on any atom is 0.255 e. The number of hydrogen-bond donors (Lipinski definition) is 2. The van der Waals surface area contributed by atoms with Crippen LogP contribution in [0.1, 0.15) is 36.0 Å². The number of methoxy groups -OCH3 is 1. The third kappa shape index (κ3) is 6.13. The monoisotopic (exact) mass is 494 g/mol. The molecule has 2 unspecified atom stereocenters. The number of nitrogens with two attached hydrogens (primary N) is 1. The minimum Gasteiger partial charge on any atom is -0.496 e. The first-order valence-electron chi connectivity index (χ1n) is 12.1. The maximum absolute atomic E-state index is 12.7. The zero-order valence-corrected chi connectivity index (χ0v) is 20.5. The van der Waals surface area contributed by atoms with Gasteiger partial charge in [0.05, 0.1) is 36.1 Å². The molecule has 1 aromatic rings. The van der Waals surface area contributed by atoms with Crippen LogP contribution in [0.5, 0.6) is 5.75 Å². The molecule has 0 radical (unpaired) electrons. The Balaban J connectivity index is 1.22. The van der Waals surface area contributed by atoms with Crippen LogP contribution in [0.15, 0.2) is 12.1 Å². The second-order valence-corrected chi connectivity index (χ2v) is 9.71. The van der Waals surface area contributed by atoms with E-state index in [-0.39, 0.29) is 24.0 Å². The molecule has 3 aliphatic heterocycles. The van der Waals surface area contributed by atoms with E-state index in [2.05, 4.69) is 10.2 Å². The molecule has 0 aliphatic carbocycles. The van der Waals surface area contributed by atoms with Crippen molar-refractivity contribution in [1.29, 1.82) is 0 Å². The van der Waals surface area contributed by atoms with E-state index in [4.69, 9.17) is 31.5 Å². The molecule has 3 heterocycles. The van der Waals surface area contributed by atoms with Crippen molar-refractivity contribution >= 4 is 29.1 Å². The summed E-state index contributed by atoms with van der Waals surface area (Å²) in [6, 6.07) is 3.07. The minimum absolute atomic E-state index is 0.0888. The maximum atomic E-state index is 12.7. The predicted octanol–water partition coefficient (Wildman–Crippen LogP) is 1.78. The number of morpholine rings is 1. The molecule has 0 saturated carbocycles. The van der Waals surface area contributed by atoms with Gasteiger partial charge < -0.3 is 30.2 Å². The lowest BCUT2D eigenvalue weighted by molar-refractivity contribution is -0.142. The van der Waals surface area contributed by atoms with Crippen molar-refractivity contribution < 1.29 is 23.8 Å². The van der Waals surface area contributed by atoms with Gasteiger partial charge in [0, 0.05) is 51.9 Å². The number of amides is 2. The lowest BCUT2D eigenvalue weighted by Crippen LogP contribution is -2.50. The highest BCUT2D eigenvalue weighted by Crippen LogP contribution is 2.29. The Labute approximate surface area is 205 Å². The average molecular weight is 495 g/mol. The molecule has 3 aliphatic rings. The number of carbonyl (C=O) groups is 2. The summed E-state index contributed by atoms with van der Waals surface area (Å²) in [5.74, 6) is 0.831. The molecule has 188 valence electrons. The van der Waals surface area contributed by atoms with Crippen LogP contribution < -0.4 is 15.8 Å². The second-order valence-electron chi connectivity index (χ2n) is 9.31. The fourth-order valence-electron chi connectivity index (χ4n) is 4.96. The summed E-state index contributed by atoms with van der Waals surface area (Å²) in [5, 5.41) is 3.25. The van der Waals surface area contributed by atoms with E-state index in [9.17, 15) is 9.59 Å². The lowest BCUT2D eigenvalue weighted by Gasteiger charge is -2.38. The van der Waals surface area contributed by atoms with Crippen LogP contribution in [-0.2, 0) is 14.3 Å². The number of likely N-dealkylation sites (tertiary alicyclic amines) is 1. The molecule has 10 heteroatoms. The van der Waals surface area contributed by atoms with Gasteiger partial charge >= 0.3 is 0 Å². The quantitative estimate of drug-likeness (QED) is 0.556. The number of nitrogens with zero attached hydrogens (tertiary/aromatic N) is 2. The highest BCUT2D eigenvalue weighted by Gasteiger charge is 2.32. The fourth-order valence-corrected chi connectivity index (χ4v) is 5.13. The summed E-state index contributed by atoms with van der Waals surface area (Å²) >= 11 is 6.09. The van der Waals surface area contributed by atoms with Crippen LogP contribution in [-0.4, -0.2) is 93.4 Å². The van der Waals surface area contributed by atoms with Gasteiger partial charge in [0.15, 0.2) is 0 Å². The Morgan fingerprint density at radius 1 is 1.18 bits per heavy atom. The summed E-state index contributed by atoms with van der Waals surface area (Å²) in [6.07, 6.45) is 3.53. The summed E-state index contributed by atoms with van der Waals surface area (Å²) in [5.41, 5.74) is 6.52. The molecule has 2 atom stereocenters. The topological polar surface area (TPSA) is 106 Å². The molecule has 9 nitrogen and oxygen atoms in total. The third-order valence-corrected chi connectivity index (χ3v) is 7.25. The third-order valence-electron chi connectivity index (χ3n) is 6.92. The van der Waals surface area contributed by atoms with Crippen molar-refractivity contribution in [3.05, 3.63) is 22.7 Å². The van der Waals surface area contributed by atoms with Crippen molar-refractivity contribution in [3.63, 3.8) is 0 Å². The zero-order chi connectivity index (χ0) is 24.1. The van der Waals surface area contributed by atoms with Gasteiger partial charge in [-0.15, -0.1) is 0 Å². The smallest absolute Gasteiger partial charge is 0.255 e. The molecule has 0 bridgehead atoms. The SMILES string of the molecule is COc1cc(N)c(Cl)cc1C(=O)NCC1CN(CC2CCN(C(=O)C3CCCO3)CC2)CCO1. The van der Waals surface area contributed by atoms with Crippen LogP contribution in [0.3, 0.4) is 0 Å². The average Bonchev–Trinajstić information content (AvgIpc) is 3.39. The van der Waals surface area contributed by atoms with Gasteiger partial charge in [-0.2, -0.15) is 0 Å². The summed E-state index contributed by atoms with van der Waals surface area (Å²) in [7, 11) is 1.49. The molecule has 3 N–H and O–H groups in total. The molecule has 4 rings (SSSR count). The number of rotatable bonds is 7. The van der Waals surface area contributed by atoms with Gasteiger partial charge in [-0.1, -0.05) is 11.6 Å². The Morgan fingerprint density at radius 2 is 1.97 bits per heavy atom. The van der Waals surface area contributed by atoms with Gasteiger partial charge in [0.25, 0.3) is 11.8 Å². The van der Waals surface area contributed by atoms with Crippen LogP contribution in [0, 0.1) is 5.92 Å². The molecule has 2 amide bonds. The molecule has 34 heavy (non-hydrogen) atoms. The Morgan fingerprint density at radius 3 is 2.68 bits per heavy atom. The first-order valence-corrected chi connectivity index (χ1v) is 12.5. The van der Waals surface area contributed by atoms with E-state index in [0.717, 1.165) is 58.4 Å². The number of halogens is 1. The number of benzene rings is 1. The molecule has 0 spiro atoms. The summed E-state index contributed by atoms with van der Waals surface area (Å²) in [6.45, 7) is 5.96. The van der Waals surface area contributed by atoms with Gasteiger partial charge in [-0.05, 0) is 37.7 Å². The van der Waals surface area contributed by atoms with Crippen LogP contribution in [0.4, 0.5) is 5.69 Å². The first-order chi connectivity index (χ1) is 16.4. The van der Waals surface area contributed by atoms with Crippen LogP contribution >= 0.6 is 11.6 Å². The molecule has 0 aromatic heterocycles. The Bertz CT molecular complexity index is 871. The van der Waals surface area contributed by atoms with E-state index in [1.54, 1.807) is 6.07 Å². The number of piperidine rings is 1. The minimum atomic E-state index is -0.275. The van der Waals surface area contributed by atoms with Crippen LogP contribution in [0.25, 0.3) is 0 Å². The Hall–Kier alpha value is -2.07. The number of carbonyl (C=O) groups excluding carboxylic acids is 2. The van der Waals surface area contributed by atoms with Crippen molar-refractivity contribution in [2.24, 2.45) is 5.92 Å². The number of nitrogens with one attached hydrogen (secondary N) is 1. The van der Waals surface area contributed by atoms with E-state index in [0.29, 0.717) is 47.7 Å². The van der Waals surface area contributed by atoms with E-state index < -0.39 is 0 Å². The molecule has 3 saturated heterocycles. The van der Waals surface area contributed by atoms with Crippen molar-refractivity contribution in [2.75, 3.05) is 65.3 Å². The zero-order valence-electron chi connectivity index (χ0n) is 19.8. The highest BCUT2D eigenvalue weighted by molar-refractivity contribution is 6.33. The Kier molecular flexibility index (Phi) is 8.52. The number of ether oxygens (including phenoxy) is 3. The van der Waals surface area contributed by atoms with E-state index >= 15 is 0 Å².